The van der Waals surface area contributed by atoms with Gasteiger partial charge in [0.05, 0.1) is 30.3 Å². The zero-order valence-electron chi connectivity index (χ0n) is 18.2. The second kappa shape index (κ2) is 9.51. The Bertz CT molecular complexity index is 1320. The summed E-state index contributed by atoms with van der Waals surface area (Å²) in [5, 5.41) is 6.78. The number of aromatic nitrogens is 2. The van der Waals surface area contributed by atoms with Gasteiger partial charge < -0.3 is 25.8 Å². The predicted molar refractivity (Wildman–Crippen MR) is 134 cm³/mol. The van der Waals surface area contributed by atoms with Crippen molar-refractivity contribution < 1.29 is 14.3 Å². The van der Waals surface area contributed by atoms with Gasteiger partial charge in [-0.3, -0.25) is 0 Å². The van der Waals surface area contributed by atoms with Gasteiger partial charge in [-0.25, -0.2) is 14.8 Å². The lowest BCUT2D eigenvalue weighted by Crippen LogP contribution is -2.19. The molecule has 0 aliphatic rings. The van der Waals surface area contributed by atoms with Crippen molar-refractivity contribution in [3.8, 4) is 22.6 Å². The highest BCUT2D eigenvalue weighted by Crippen LogP contribution is 2.40. The van der Waals surface area contributed by atoms with Crippen LogP contribution in [0.1, 0.15) is 11.8 Å². The third-order valence-electron chi connectivity index (χ3n) is 5.07. The van der Waals surface area contributed by atoms with Crippen LogP contribution in [0.2, 0.25) is 5.02 Å². The van der Waals surface area contributed by atoms with Crippen LogP contribution < -0.4 is 25.8 Å². The molecule has 2 amide bonds. The number of aryl methyl sites for hydroxylation is 1. The highest BCUT2D eigenvalue weighted by molar-refractivity contribution is 7.19. The third-order valence-corrected chi connectivity index (χ3v) is 6.60. The number of fused-ring (bicyclic) bond motifs is 1. The number of nitrogens with zero attached hydrogens (tertiary/aromatic N) is 2. The van der Waals surface area contributed by atoms with Gasteiger partial charge in [0.2, 0.25) is 0 Å². The fourth-order valence-electron chi connectivity index (χ4n) is 3.52. The average Bonchev–Trinajstić information content (AvgIpc) is 3.20. The molecule has 2 heterocycles. The molecule has 0 saturated heterocycles. The molecule has 4 N–H and O–H groups in total. The Morgan fingerprint density at radius 1 is 1.09 bits per heavy atom. The number of amides is 2. The lowest BCUT2D eigenvalue weighted by Gasteiger charge is -2.14. The first-order valence-corrected chi connectivity index (χ1v) is 11.3. The van der Waals surface area contributed by atoms with Crippen molar-refractivity contribution in [1.29, 1.82) is 0 Å². The number of thiophene rings is 1. The summed E-state index contributed by atoms with van der Waals surface area (Å²) in [4.78, 5) is 23.1. The first-order chi connectivity index (χ1) is 15.9. The molecule has 2 aromatic carbocycles. The summed E-state index contributed by atoms with van der Waals surface area (Å²) in [5.74, 6) is 1.34. The van der Waals surface area contributed by atoms with Crippen LogP contribution in [0.25, 0.3) is 21.3 Å². The van der Waals surface area contributed by atoms with Crippen molar-refractivity contribution >= 4 is 56.4 Å². The molecule has 0 atom stereocenters. The Morgan fingerprint density at radius 3 is 2.48 bits per heavy atom. The number of nitrogen functional groups attached to an aromatic ring is 1. The first-order valence-electron chi connectivity index (χ1n) is 10.1. The van der Waals surface area contributed by atoms with Crippen molar-refractivity contribution in [3.63, 3.8) is 0 Å². The number of rotatable bonds is 6. The molecule has 0 aliphatic heterocycles. The molecule has 0 saturated carbocycles. The fourth-order valence-corrected chi connectivity index (χ4v) is 4.87. The van der Waals surface area contributed by atoms with E-state index in [4.69, 9.17) is 26.8 Å². The van der Waals surface area contributed by atoms with Gasteiger partial charge in [0, 0.05) is 22.2 Å². The van der Waals surface area contributed by atoms with Crippen LogP contribution >= 0.6 is 22.9 Å². The molecule has 4 rings (SSSR count). The molecule has 0 radical (unpaired) electrons. The number of carbonyl (C=O) groups is 1. The maximum Gasteiger partial charge on any atom is 0.323 e. The van der Waals surface area contributed by atoms with Gasteiger partial charge >= 0.3 is 6.03 Å². The monoisotopic (exact) mass is 483 g/mol. The highest BCUT2D eigenvalue weighted by atomic mass is 35.5. The van der Waals surface area contributed by atoms with E-state index < -0.39 is 6.03 Å². The van der Waals surface area contributed by atoms with Crippen molar-refractivity contribution in [2.45, 2.75) is 13.3 Å². The van der Waals surface area contributed by atoms with Gasteiger partial charge in [-0.05, 0) is 30.2 Å². The number of methoxy groups -OCH3 is 2. The summed E-state index contributed by atoms with van der Waals surface area (Å²) in [6.07, 6.45) is 2.33. The Labute approximate surface area is 199 Å². The summed E-state index contributed by atoms with van der Waals surface area (Å²) in [5.41, 5.74) is 9.20. The van der Waals surface area contributed by atoms with Gasteiger partial charge in [-0.1, -0.05) is 30.7 Å². The van der Waals surface area contributed by atoms with Crippen molar-refractivity contribution in [2.75, 3.05) is 30.6 Å². The molecule has 0 unspecified atom stereocenters. The largest absolute Gasteiger partial charge is 0.495 e. The number of hydrogen-bond donors (Lipinski definition) is 3. The normalized spacial score (nSPS) is 10.8. The molecule has 4 aromatic rings. The predicted octanol–water partition coefficient (Wildman–Crippen LogP) is 5.82. The molecule has 8 nitrogen and oxygen atoms in total. The van der Waals surface area contributed by atoms with E-state index in [1.165, 1.54) is 25.4 Å². The molecule has 170 valence electrons. The second-order valence-electron chi connectivity index (χ2n) is 7.04. The second-order valence-corrected chi connectivity index (χ2v) is 8.53. The number of urea groups is 1. The summed E-state index contributed by atoms with van der Waals surface area (Å²) in [7, 11) is 3.01. The number of carbonyl (C=O) groups excluding carboxylic acids is 1. The van der Waals surface area contributed by atoms with Crippen LogP contribution in [-0.4, -0.2) is 30.2 Å². The molecule has 0 bridgehead atoms. The average molecular weight is 484 g/mol. The molecule has 10 heteroatoms. The van der Waals surface area contributed by atoms with E-state index in [-0.39, 0.29) is 0 Å². The molecule has 33 heavy (non-hydrogen) atoms. The molecule has 0 fully saturated rings. The summed E-state index contributed by atoms with van der Waals surface area (Å²) in [6, 6.07) is 10.3. The third kappa shape index (κ3) is 4.50. The number of benzene rings is 2. The Kier molecular flexibility index (Phi) is 6.52. The number of nitrogens with one attached hydrogen (secondary N) is 2. The van der Waals surface area contributed by atoms with E-state index >= 15 is 0 Å². The van der Waals surface area contributed by atoms with Gasteiger partial charge in [0.25, 0.3) is 0 Å². The van der Waals surface area contributed by atoms with Crippen LogP contribution in [0.5, 0.6) is 11.5 Å². The molecular formula is C23H22ClN5O3S. The first kappa shape index (κ1) is 22.6. The van der Waals surface area contributed by atoms with Gasteiger partial charge in [-0.2, -0.15) is 0 Å². The number of ether oxygens (including phenoxy) is 2. The van der Waals surface area contributed by atoms with E-state index in [9.17, 15) is 4.79 Å². The van der Waals surface area contributed by atoms with Gasteiger partial charge in [0.1, 0.15) is 28.5 Å². The number of halogens is 1. The van der Waals surface area contributed by atoms with Crippen molar-refractivity contribution in [2.24, 2.45) is 0 Å². The Morgan fingerprint density at radius 2 is 1.82 bits per heavy atom. The summed E-state index contributed by atoms with van der Waals surface area (Å²) in [6.45, 7) is 2.10. The number of hydrogen-bond acceptors (Lipinski definition) is 7. The van der Waals surface area contributed by atoms with Crippen LogP contribution in [0, 0.1) is 0 Å². The SMILES string of the molecule is CCc1sc2ncnc(N)c2c1-c1ccc(NC(=O)Nc2cc(Cl)c(OC)cc2OC)cc1. The Hall–Kier alpha value is -3.56. The number of nitrogens with two attached hydrogens (primary N) is 1. The van der Waals surface area contributed by atoms with Gasteiger partial charge in [0.15, 0.2) is 0 Å². The molecule has 2 aromatic heterocycles. The zero-order valence-corrected chi connectivity index (χ0v) is 19.8. The van der Waals surface area contributed by atoms with Crippen molar-refractivity contribution in [1.82, 2.24) is 9.97 Å². The van der Waals surface area contributed by atoms with Crippen molar-refractivity contribution in [3.05, 3.63) is 52.6 Å². The highest BCUT2D eigenvalue weighted by Gasteiger charge is 2.17. The smallest absolute Gasteiger partial charge is 0.323 e. The summed E-state index contributed by atoms with van der Waals surface area (Å²) >= 11 is 7.79. The lowest BCUT2D eigenvalue weighted by molar-refractivity contribution is 0.262. The van der Waals surface area contributed by atoms with Gasteiger partial charge in [-0.15, -0.1) is 11.3 Å². The minimum absolute atomic E-state index is 0.357. The van der Waals surface area contributed by atoms with Crippen LogP contribution in [0.15, 0.2) is 42.7 Å². The maximum atomic E-state index is 12.6. The summed E-state index contributed by atoms with van der Waals surface area (Å²) < 4.78 is 10.5. The number of anilines is 3. The Balaban J connectivity index is 1.55. The minimum Gasteiger partial charge on any atom is -0.495 e. The standard InChI is InChI=1S/C23H22ClN5O3S/c1-4-18-19(20-21(25)26-11-27-22(20)33-18)12-5-7-13(8-6-12)28-23(30)29-15-9-14(24)16(31-2)10-17(15)32-3/h5-11H,4H2,1-3H3,(H2,25,26,27)(H2,28,29,30). The van der Waals surface area contributed by atoms with Crippen LogP contribution in [-0.2, 0) is 6.42 Å². The van der Waals surface area contributed by atoms with E-state index in [0.29, 0.717) is 33.7 Å². The maximum absolute atomic E-state index is 12.6. The topological polar surface area (TPSA) is 111 Å². The van der Waals surface area contributed by atoms with E-state index in [1.54, 1.807) is 23.5 Å². The van der Waals surface area contributed by atoms with E-state index in [0.717, 1.165) is 27.8 Å². The van der Waals surface area contributed by atoms with Crippen LogP contribution in [0.3, 0.4) is 0 Å². The molecule has 0 aliphatic carbocycles. The van der Waals surface area contributed by atoms with Crippen LogP contribution in [0.4, 0.5) is 22.0 Å². The quantitative estimate of drug-likeness (QED) is 0.318. The lowest BCUT2D eigenvalue weighted by atomic mass is 10.0. The van der Waals surface area contributed by atoms with E-state index in [2.05, 4.69) is 27.5 Å². The molecular weight excluding hydrogens is 462 g/mol. The molecule has 0 spiro atoms. The minimum atomic E-state index is -0.435. The zero-order chi connectivity index (χ0) is 23.5. The fraction of sp³-hybridized carbons (Fsp3) is 0.174. The van der Waals surface area contributed by atoms with E-state index in [1.807, 2.05) is 24.3 Å².